The maximum atomic E-state index is 12.7. The van der Waals surface area contributed by atoms with Gasteiger partial charge in [0.1, 0.15) is 0 Å². The second kappa shape index (κ2) is 6.55. The van der Waals surface area contributed by atoms with Crippen molar-refractivity contribution in [1.82, 2.24) is 9.29 Å². The number of nitrogens with zero attached hydrogens (tertiary/aromatic N) is 2. The average Bonchev–Trinajstić information content (AvgIpc) is 2.80. The summed E-state index contributed by atoms with van der Waals surface area (Å²) < 4.78 is 37.8. The minimum Gasteiger partial charge on any atom is -0.490 e. The lowest BCUT2D eigenvalue weighted by Crippen LogP contribution is -2.26. The molecule has 0 atom stereocenters. The molecule has 0 fully saturated rings. The summed E-state index contributed by atoms with van der Waals surface area (Å²) in [4.78, 5) is 4.12. The number of fused-ring (bicyclic) bond motifs is 1. The molecule has 1 aromatic heterocycles. The Labute approximate surface area is 135 Å². The Hall–Kier alpha value is -2.12. The topological polar surface area (TPSA) is 68.7 Å². The van der Waals surface area contributed by atoms with Gasteiger partial charge in [0.05, 0.1) is 18.1 Å². The van der Waals surface area contributed by atoms with E-state index in [0.717, 1.165) is 12.0 Å². The maximum Gasteiger partial charge on any atom is 0.243 e. The third-order valence-electron chi connectivity index (χ3n) is 3.58. The van der Waals surface area contributed by atoms with Crippen LogP contribution in [0.4, 0.5) is 0 Å². The Morgan fingerprint density at radius 3 is 2.52 bits per heavy atom. The minimum atomic E-state index is -3.61. The van der Waals surface area contributed by atoms with Crippen molar-refractivity contribution in [2.75, 3.05) is 20.3 Å². The van der Waals surface area contributed by atoms with Crippen LogP contribution in [0.2, 0.25) is 0 Å². The van der Waals surface area contributed by atoms with Gasteiger partial charge in [-0.05, 0) is 29.8 Å². The molecule has 1 aliphatic rings. The van der Waals surface area contributed by atoms with Gasteiger partial charge in [0.15, 0.2) is 11.5 Å². The Kier molecular flexibility index (Phi) is 4.49. The first-order valence-corrected chi connectivity index (χ1v) is 8.76. The molecule has 0 unspecified atom stereocenters. The molecule has 2 heterocycles. The van der Waals surface area contributed by atoms with E-state index in [-0.39, 0.29) is 11.4 Å². The van der Waals surface area contributed by atoms with E-state index >= 15 is 0 Å². The molecule has 0 aliphatic carbocycles. The first-order chi connectivity index (χ1) is 11.1. The Balaban J connectivity index is 1.86. The van der Waals surface area contributed by atoms with Crippen LogP contribution in [0.15, 0.2) is 47.6 Å². The molecule has 0 saturated carbocycles. The Morgan fingerprint density at radius 1 is 1.09 bits per heavy atom. The number of ether oxygens (including phenoxy) is 2. The molecule has 0 bridgehead atoms. The minimum absolute atomic E-state index is 0.193. The van der Waals surface area contributed by atoms with Crippen LogP contribution in [-0.2, 0) is 16.6 Å². The molecule has 0 spiro atoms. The molecule has 7 heteroatoms. The van der Waals surface area contributed by atoms with Crippen LogP contribution < -0.4 is 9.47 Å². The zero-order chi connectivity index (χ0) is 16.3. The van der Waals surface area contributed by atoms with Crippen molar-refractivity contribution in [1.29, 1.82) is 0 Å². The van der Waals surface area contributed by atoms with E-state index in [2.05, 4.69) is 4.98 Å². The number of benzene rings is 1. The maximum absolute atomic E-state index is 12.7. The van der Waals surface area contributed by atoms with Crippen molar-refractivity contribution in [3.8, 4) is 11.5 Å². The number of hydrogen-bond donors (Lipinski definition) is 0. The molecule has 6 nitrogen and oxygen atoms in total. The molecule has 122 valence electrons. The van der Waals surface area contributed by atoms with Gasteiger partial charge in [-0.3, -0.25) is 4.98 Å². The normalized spacial score (nSPS) is 14.5. The third-order valence-corrected chi connectivity index (χ3v) is 5.38. The summed E-state index contributed by atoms with van der Waals surface area (Å²) in [6.45, 7) is 1.36. The van der Waals surface area contributed by atoms with Gasteiger partial charge in [0.2, 0.25) is 10.0 Å². The summed E-state index contributed by atoms with van der Waals surface area (Å²) in [6.07, 6.45) is 4.06. The summed E-state index contributed by atoms with van der Waals surface area (Å²) in [5, 5.41) is 0. The van der Waals surface area contributed by atoms with Crippen LogP contribution in [0, 0.1) is 0 Å². The second-order valence-corrected chi connectivity index (χ2v) is 7.32. The molecule has 0 saturated heterocycles. The number of pyridine rings is 1. The van der Waals surface area contributed by atoms with E-state index in [1.807, 2.05) is 0 Å². The van der Waals surface area contributed by atoms with Gasteiger partial charge < -0.3 is 9.47 Å². The smallest absolute Gasteiger partial charge is 0.243 e. The van der Waals surface area contributed by atoms with Crippen molar-refractivity contribution in [2.24, 2.45) is 0 Å². The largest absolute Gasteiger partial charge is 0.490 e. The van der Waals surface area contributed by atoms with Crippen molar-refractivity contribution in [3.05, 3.63) is 48.3 Å². The van der Waals surface area contributed by atoms with E-state index in [1.165, 1.54) is 10.4 Å². The molecule has 0 N–H and O–H groups in total. The predicted molar refractivity (Wildman–Crippen MR) is 84.9 cm³/mol. The van der Waals surface area contributed by atoms with Gasteiger partial charge in [-0.15, -0.1) is 0 Å². The molecule has 0 radical (unpaired) electrons. The van der Waals surface area contributed by atoms with Gasteiger partial charge in [0, 0.05) is 38.5 Å². The summed E-state index contributed by atoms with van der Waals surface area (Å²) in [5.74, 6) is 1.05. The Bertz CT molecular complexity index is 778. The molecule has 3 rings (SSSR count). The van der Waals surface area contributed by atoms with E-state index in [9.17, 15) is 8.42 Å². The highest BCUT2D eigenvalue weighted by Gasteiger charge is 2.23. The van der Waals surface area contributed by atoms with Crippen molar-refractivity contribution in [3.63, 3.8) is 0 Å². The fourth-order valence-corrected chi connectivity index (χ4v) is 3.49. The quantitative estimate of drug-likeness (QED) is 0.856. The van der Waals surface area contributed by atoms with E-state index in [0.29, 0.717) is 24.7 Å². The molecule has 1 aliphatic heterocycles. The average molecular weight is 334 g/mol. The summed E-state index contributed by atoms with van der Waals surface area (Å²) in [6, 6.07) is 8.30. The van der Waals surface area contributed by atoms with Crippen LogP contribution in [0.1, 0.15) is 12.0 Å². The highest BCUT2D eigenvalue weighted by molar-refractivity contribution is 7.89. The second-order valence-electron chi connectivity index (χ2n) is 5.28. The third kappa shape index (κ3) is 3.46. The number of rotatable bonds is 4. The molecular weight excluding hydrogens is 316 g/mol. The molecule has 2 aromatic rings. The molecule has 1 aromatic carbocycles. The zero-order valence-corrected chi connectivity index (χ0v) is 13.6. The first kappa shape index (κ1) is 15.8. The zero-order valence-electron chi connectivity index (χ0n) is 12.8. The van der Waals surface area contributed by atoms with Gasteiger partial charge in [-0.25, -0.2) is 8.42 Å². The van der Waals surface area contributed by atoms with E-state index in [4.69, 9.17) is 9.47 Å². The number of hydrogen-bond acceptors (Lipinski definition) is 5. The van der Waals surface area contributed by atoms with Gasteiger partial charge in [-0.2, -0.15) is 4.31 Å². The van der Waals surface area contributed by atoms with Crippen LogP contribution in [-0.4, -0.2) is 38.0 Å². The SMILES string of the molecule is CN(Cc1ccncc1)S(=O)(=O)c1ccc2c(c1)OCCCO2. The lowest BCUT2D eigenvalue weighted by molar-refractivity contribution is 0.297. The van der Waals surface area contributed by atoms with Crippen LogP contribution in [0.5, 0.6) is 11.5 Å². The van der Waals surface area contributed by atoms with Crippen molar-refractivity contribution >= 4 is 10.0 Å². The lowest BCUT2D eigenvalue weighted by Gasteiger charge is -2.18. The van der Waals surface area contributed by atoms with E-state index in [1.54, 1.807) is 43.7 Å². The molecule has 0 amide bonds. The van der Waals surface area contributed by atoms with Gasteiger partial charge >= 0.3 is 0 Å². The van der Waals surface area contributed by atoms with Crippen molar-refractivity contribution < 1.29 is 17.9 Å². The first-order valence-electron chi connectivity index (χ1n) is 7.32. The Morgan fingerprint density at radius 2 is 1.78 bits per heavy atom. The fourth-order valence-electron chi connectivity index (χ4n) is 2.31. The van der Waals surface area contributed by atoms with Crippen LogP contribution >= 0.6 is 0 Å². The highest BCUT2D eigenvalue weighted by atomic mass is 32.2. The number of sulfonamides is 1. The lowest BCUT2D eigenvalue weighted by atomic mass is 10.3. The highest BCUT2D eigenvalue weighted by Crippen LogP contribution is 2.32. The number of aromatic nitrogens is 1. The fraction of sp³-hybridized carbons (Fsp3) is 0.312. The predicted octanol–water partition coefficient (Wildman–Crippen LogP) is 2.06. The molecular formula is C16H18N2O4S. The van der Waals surface area contributed by atoms with Gasteiger partial charge in [0.25, 0.3) is 0 Å². The van der Waals surface area contributed by atoms with E-state index < -0.39 is 10.0 Å². The van der Waals surface area contributed by atoms with Crippen LogP contribution in [0.25, 0.3) is 0 Å². The monoisotopic (exact) mass is 334 g/mol. The van der Waals surface area contributed by atoms with Crippen molar-refractivity contribution in [2.45, 2.75) is 17.9 Å². The molecule has 23 heavy (non-hydrogen) atoms. The summed E-state index contributed by atoms with van der Waals surface area (Å²) in [7, 11) is -2.05. The summed E-state index contributed by atoms with van der Waals surface area (Å²) in [5.41, 5.74) is 0.875. The van der Waals surface area contributed by atoms with Gasteiger partial charge in [-0.1, -0.05) is 0 Å². The van der Waals surface area contributed by atoms with Crippen LogP contribution in [0.3, 0.4) is 0 Å². The standard InChI is InChI=1S/C16H18N2O4S/c1-18(12-13-5-7-17-8-6-13)23(19,20)14-3-4-15-16(11-14)22-10-2-9-21-15/h3-8,11H,2,9-10,12H2,1H3. The summed E-state index contributed by atoms with van der Waals surface area (Å²) >= 11 is 0.